The van der Waals surface area contributed by atoms with Crippen LogP contribution >= 0.6 is 0 Å². The van der Waals surface area contributed by atoms with Gasteiger partial charge < -0.3 is 9.84 Å². The molecule has 122 valence electrons. The monoisotopic (exact) mass is 319 g/mol. The molecule has 0 atom stereocenters. The summed E-state index contributed by atoms with van der Waals surface area (Å²) in [6, 6.07) is 2.73. The zero-order chi connectivity index (χ0) is 16.7. The van der Waals surface area contributed by atoms with Crippen LogP contribution in [0.1, 0.15) is 35.3 Å². The van der Waals surface area contributed by atoms with E-state index < -0.39 is 11.8 Å². The van der Waals surface area contributed by atoms with Gasteiger partial charge in [-0.3, -0.25) is 14.2 Å². The van der Waals surface area contributed by atoms with Crippen LogP contribution in [-0.4, -0.2) is 28.7 Å². The SMILES string of the molecule is COc1cc2c(CC(=O)O)c(C)n(C(=O)C3CCC3)c2cc1F. The molecule has 0 amide bonds. The molecule has 1 aromatic carbocycles. The number of aliphatic carboxylic acids is 1. The Kier molecular flexibility index (Phi) is 3.83. The van der Waals surface area contributed by atoms with Crippen LogP contribution in [0.25, 0.3) is 10.9 Å². The van der Waals surface area contributed by atoms with Crippen LogP contribution in [0.2, 0.25) is 0 Å². The van der Waals surface area contributed by atoms with Crippen LogP contribution in [-0.2, 0) is 11.2 Å². The maximum atomic E-state index is 14.1. The number of fused-ring (bicyclic) bond motifs is 1. The summed E-state index contributed by atoms with van der Waals surface area (Å²) in [5, 5.41) is 9.70. The molecule has 1 heterocycles. The molecule has 0 unspecified atom stereocenters. The van der Waals surface area contributed by atoms with Crippen molar-refractivity contribution in [1.82, 2.24) is 4.57 Å². The number of methoxy groups -OCH3 is 1. The van der Waals surface area contributed by atoms with Crippen molar-refractivity contribution in [2.75, 3.05) is 7.11 Å². The largest absolute Gasteiger partial charge is 0.494 e. The van der Waals surface area contributed by atoms with Gasteiger partial charge in [0.15, 0.2) is 11.6 Å². The summed E-state index contributed by atoms with van der Waals surface area (Å²) < 4.78 is 20.6. The number of hydrogen-bond donors (Lipinski definition) is 1. The van der Waals surface area contributed by atoms with Gasteiger partial charge in [0.2, 0.25) is 5.91 Å². The first-order chi connectivity index (χ1) is 10.9. The zero-order valence-corrected chi connectivity index (χ0v) is 13.1. The van der Waals surface area contributed by atoms with Crippen molar-refractivity contribution in [3.05, 3.63) is 29.2 Å². The third-order valence-electron chi connectivity index (χ3n) is 4.61. The highest BCUT2D eigenvalue weighted by Crippen LogP contribution is 2.35. The van der Waals surface area contributed by atoms with Gasteiger partial charge >= 0.3 is 5.97 Å². The molecule has 2 aromatic rings. The summed E-state index contributed by atoms with van der Waals surface area (Å²) in [5.41, 5.74) is 1.50. The molecule has 1 fully saturated rings. The van der Waals surface area contributed by atoms with E-state index >= 15 is 0 Å². The number of carboxylic acid groups (broad SMARTS) is 1. The van der Waals surface area contributed by atoms with Crippen LogP contribution in [0.5, 0.6) is 5.75 Å². The average molecular weight is 319 g/mol. The van der Waals surface area contributed by atoms with Crippen molar-refractivity contribution in [3.8, 4) is 5.75 Å². The van der Waals surface area contributed by atoms with Crippen LogP contribution in [0.4, 0.5) is 4.39 Å². The fourth-order valence-corrected chi connectivity index (χ4v) is 3.13. The van der Waals surface area contributed by atoms with Crippen LogP contribution in [0.3, 0.4) is 0 Å². The molecule has 3 rings (SSSR count). The van der Waals surface area contributed by atoms with Crippen molar-refractivity contribution in [2.24, 2.45) is 5.92 Å². The number of benzene rings is 1. The first-order valence-electron chi connectivity index (χ1n) is 7.57. The number of carbonyl (C=O) groups excluding carboxylic acids is 1. The molecule has 5 nitrogen and oxygen atoms in total. The Morgan fingerprint density at radius 1 is 1.39 bits per heavy atom. The predicted octanol–water partition coefficient (Wildman–Crippen LogP) is 3.16. The lowest BCUT2D eigenvalue weighted by Gasteiger charge is -2.25. The summed E-state index contributed by atoms with van der Waals surface area (Å²) in [6.07, 6.45) is 2.44. The lowest BCUT2D eigenvalue weighted by Crippen LogP contribution is -2.28. The molecular weight excluding hydrogens is 301 g/mol. The Labute approximate surface area is 132 Å². The number of carbonyl (C=O) groups is 2. The minimum Gasteiger partial charge on any atom is -0.494 e. The van der Waals surface area contributed by atoms with E-state index in [1.54, 1.807) is 6.92 Å². The Hall–Kier alpha value is -2.37. The fraction of sp³-hybridized carbons (Fsp3) is 0.412. The molecule has 0 spiro atoms. The third kappa shape index (κ3) is 2.48. The topological polar surface area (TPSA) is 68.5 Å². The normalized spacial score (nSPS) is 14.7. The van der Waals surface area contributed by atoms with Gasteiger partial charge in [0.1, 0.15) is 0 Å². The molecule has 0 bridgehead atoms. The lowest BCUT2D eigenvalue weighted by molar-refractivity contribution is -0.136. The Balaban J connectivity index is 2.25. The second-order valence-corrected chi connectivity index (χ2v) is 5.94. The number of aromatic nitrogens is 1. The predicted molar refractivity (Wildman–Crippen MR) is 82.5 cm³/mol. The Morgan fingerprint density at radius 3 is 2.61 bits per heavy atom. The van der Waals surface area contributed by atoms with Crippen molar-refractivity contribution in [1.29, 1.82) is 0 Å². The first-order valence-corrected chi connectivity index (χ1v) is 7.57. The van der Waals surface area contributed by atoms with E-state index in [1.807, 2.05) is 0 Å². The summed E-state index contributed by atoms with van der Waals surface area (Å²) in [5.74, 6) is -1.67. The molecule has 1 aliphatic carbocycles. The Bertz CT molecular complexity index is 805. The van der Waals surface area contributed by atoms with Gasteiger partial charge in [-0.1, -0.05) is 6.42 Å². The van der Waals surface area contributed by atoms with E-state index in [0.29, 0.717) is 22.2 Å². The van der Waals surface area contributed by atoms with Crippen molar-refractivity contribution in [2.45, 2.75) is 32.6 Å². The lowest BCUT2D eigenvalue weighted by atomic mass is 9.84. The van der Waals surface area contributed by atoms with E-state index in [9.17, 15) is 14.0 Å². The number of rotatable bonds is 4. The number of halogens is 1. The van der Waals surface area contributed by atoms with Crippen molar-refractivity contribution in [3.63, 3.8) is 0 Å². The molecule has 6 heteroatoms. The molecular formula is C17H18FNO4. The highest BCUT2D eigenvalue weighted by atomic mass is 19.1. The van der Waals surface area contributed by atoms with Gasteiger partial charge in [0, 0.05) is 23.1 Å². The van der Waals surface area contributed by atoms with Gasteiger partial charge in [-0.2, -0.15) is 0 Å². The highest BCUT2D eigenvalue weighted by Gasteiger charge is 2.30. The Morgan fingerprint density at radius 2 is 2.09 bits per heavy atom. The number of nitrogens with zero attached hydrogens (tertiary/aromatic N) is 1. The standard InChI is InChI=1S/C17H18FNO4/c1-9-11(7-16(20)21)12-6-15(23-2)13(18)8-14(12)19(9)17(22)10-4-3-5-10/h6,8,10H,3-5,7H2,1-2H3,(H,20,21). The number of carboxylic acids is 1. The molecule has 1 aromatic heterocycles. The van der Waals surface area contributed by atoms with E-state index in [0.717, 1.165) is 19.3 Å². The summed E-state index contributed by atoms with van der Waals surface area (Å²) in [7, 11) is 1.35. The second-order valence-electron chi connectivity index (χ2n) is 5.94. The number of hydrogen-bond acceptors (Lipinski definition) is 3. The molecule has 1 N–H and O–H groups in total. The van der Waals surface area contributed by atoms with Crippen molar-refractivity contribution >= 4 is 22.8 Å². The van der Waals surface area contributed by atoms with E-state index in [4.69, 9.17) is 9.84 Å². The second kappa shape index (κ2) is 5.68. The van der Waals surface area contributed by atoms with Gasteiger partial charge in [-0.25, -0.2) is 4.39 Å². The minimum atomic E-state index is -0.994. The first kappa shape index (κ1) is 15.5. The molecule has 23 heavy (non-hydrogen) atoms. The maximum absolute atomic E-state index is 14.1. The highest BCUT2D eigenvalue weighted by molar-refractivity contribution is 5.99. The summed E-state index contributed by atoms with van der Waals surface area (Å²) in [6.45, 7) is 1.71. The zero-order valence-electron chi connectivity index (χ0n) is 13.1. The van der Waals surface area contributed by atoms with Gasteiger partial charge in [0.25, 0.3) is 0 Å². The van der Waals surface area contributed by atoms with E-state index in [-0.39, 0.29) is 24.0 Å². The minimum absolute atomic E-state index is 0.0392. The molecule has 0 aliphatic heterocycles. The fourth-order valence-electron chi connectivity index (χ4n) is 3.13. The average Bonchev–Trinajstić information content (AvgIpc) is 2.67. The maximum Gasteiger partial charge on any atom is 0.307 e. The third-order valence-corrected chi connectivity index (χ3v) is 4.61. The van der Waals surface area contributed by atoms with Crippen LogP contribution < -0.4 is 4.74 Å². The van der Waals surface area contributed by atoms with E-state index in [1.165, 1.54) is 23.8 Å². The van der Waals surface area contributed by atoms with Gasteiger partial charge in [0.05, 0.1) is 19.0 Å². The summed E-state index contributed by atoms with van der Waals surface area (Å²) >= 11 is 0. The molecule has 1 aliphatic rings. The van der Waals surface area contributed by atoms with Gasteiger partial charge in [-0.05, 0) is 31.4 Å². The summed E-state index contributed by atoms with van der Waals surface area (Å²) in [4.78, 5) is 23.9. The number of ether oxygens (including phenoxy) is 1. The van der Waals surface area contributed by atoms with E-state index in [2.05, 4.69) is 0 Å². The smallest absolute Gasteiger partial charge is 0.307 e. The van der Waals surface area contributed by atoms with Crippen LogP contribution in [0, 0.1) is 18.7 Å². The quantitative estimate of drug-likeness (QED) is 0.940. The molecule has 0 saturated heterocycles. The molecule has 0 radical (unpaired) electrons. The van der Waals surface area contributed by atoms with Gasteiger partial charge in [-0.15, -0.1) is 0 Å². The molecule has 1 saturated carbocycles. The van der Waals surface area contributed by atoms with Crippen molar-refractivity contribution < 1.29 is 23.8 Å². The van der Waals surface area contributed by atoms with Crippen LogP contribution in [0.15, 0.2) is 12.1 Å².